The topological polar surface area (TPSA) is 0 Å². The molecule has 156 valence electrons. The normalized spacial score (nSPS) is 28.6. The lowest BCUT2D eigenvalue weighted by molar-refractivity contribution is 0.245. The van der Waals surface area contributed by atoms with Gasteiger partial charge in [-0.1, -0.05) is 62.9 Å². The van der Waals surface area contributed by atoms with Gasteiger partial charge in [0.05, 0.1) is 6.33 Å². The van der Waals surface area contributed by atoms with Gasteiger partial charge < -0.3 is 0 Å². The van der Waals surface area contributed by atoms with E-state index in [1.54, 1.807) is 11.6 Å². The Balaban J connectivity index is 1.34. The first kappa shape index (κ1) is 21.6. The summed E-state index contributed by atoms with van der Waals surface area (Å²) in [7, 11) is 0. The molecule has 0 spiro atoms. The first-order valence-electron chi connectivity index (χ1n) is 12.1. The maximum atomic E-state index is 12.3. The van der Waals surface area contributed by atoms with Crippen LogP contribution in [0.1, 0.15) is 107 Å². The maximum absolute atomic E-state index is 12.3. The Morgan fingerprint density at radius 1 is 0.821 bits per heavy atom. The summed E-state index contributed by atoms with van der Waals surface area (Å²) in [4.78, 5) is 0. The summed E-state index contributed by atoms with van der Waals surface area (Å²) in [5.41, 5.74) is 3.10. The second-order valence-electron chi connectivity index (χ2n) is 9.59. The van der Waals surface area contributed by atoms with E-state index < -0.39 is 0 Å². The van der Waals surface area contributed by atoms with Gasteiger partial charge >= 0.3 is 0 Å². The van der Waals surface area contributed by atoms with E-state index in [0.717, 1.165) is 24.1 Å². The summed E-state index contributed by atoms with van der Waals surface area (Å²) in [5, 5.41) is 0. The van der Waals surface area contributed by atoms with E-state index in [-0.39, 0.29) is 0 Å². The van der Waals surface area contributed by atoms with E-state index >= 15 is 0 Å². The lowest BCUT2D eigenvalue weighted by atomic mass is 9.74. The molecule has 28 heavy (non-hydrogen) atoms. The minimum Gasteiger partial charge on any atom is -0.216 e. The van der Waals surface area contributed by atoms with Crippen molar-refractivity contribution in [1.82, 2.24) is 0 Å². The molecular formula is C27H41F. The number of aryl methyl sites for hydroxylation is 1. The van der Waals surface area contributed by atoms with Gasteiger partial charge in [0, 0.05) is 0 Å². The van der Waals surface area contributed by atoms with Crippen LogP contribution in [-0.4, -0.2) is 0 Å². The number of unbranched alkanes of at least 4 members (excludes halogenated alkanes) is 2. The minimum absolute atomic E-state index is 0.509. The van der Waals surface area contributed by atoms with Gasteiger partial charge in [-0.25, -0.2) is 4.39 Å². The van der Waals surface area contributed by atoms with Crippen LogP contribution in [0.3, 0.4) is 0 Å². The Hall–Kier alpha value is -1.11. The molecule has 1 heteroatoms. The van der Waals surface area contributed by atoms with Crippen molar-refractivity contribution >= 4 is 0 Å². The van der Waals surface area contributed by atoms with Crippen molar-refractivity contribution in [2.24, 2.45) is 17.8 Å². The number of allylic oxidation sites excluding steroid dienone is 1. The van der Waals surface area contributed by atoms with Gasteiger partial charge in [0.1, 0.15) is 0 Å². The Labute approximate surface area is 173 Å². The summed E-state index contributed by atoms with van der Waals surface area (Å²) >= 11 is 0. The van der Waals surface area contributed by atoms with E-state index in [9.17, 15) is 4.39 Å². The lowest BCUT2D eigenvalue weighted by Gasteiger charge is -2.31. The van der Waals surface area contributed by atoms with Gasteiger partial charge in [0.2, 0.25) is 0 Å². The molecule has 2 saturated carbocycles. The van der Waals surface area contributed by atoms with Crippen LogP contribution < -0.4 is 0 Å². The quantitative estimate of drug-likeness (QED) is 0.373. The van der Waals surface area contributed by atoms with E-state index in [1.807, 2.05) is 0 Å². The smallest absolute Gasteiger partial charge is 0.0829 e. The van der Waals surface area contributed by atoms with Crippen molar-refractivity contribution in [3.05, 3.63) is 47.8 Å². The summed E-state index contributed by atoms with van der Waals surface area (Å²) in [5.74, 6) is 3.16. The minimum atomic E-state index is 0.509. The van der Waals surface area contributed by atoms with E-state index in [2.05, 4.69) is 31.2 Å². The van der Waals surface area contributed by atoms with Crippen molar-refractivity contribution < 1.29 is 4.39 Å². The third kappa shape index (κ3) is 6.75. The standard InChI is InChI=1S/C27H41F/c1-2-3-4-5-22-12-16-26(17-13-22)27-18-14-24(15-19-27)7-6-23-8-10-25(11-9-23)20-21-28/h12-13,16-17,20-21,23-25,27H,2-11,14-15,18-19H2,1H3/t23-,24-,25-,27-. The summed E-state index contributed by atoms with van der Waals surface area (Å²) < 4.78 is 12.3. The van der Waals surface area contributed by atoms with Gasteiger partial charge in [-0.15, -0.1) is 0 Å². The van der Waals surface area contributed by atoms with Crippen molar-refractivity contribution in [1.29, 1.82) is 0 Å². The Morgan fingerprint density at radius 2 is 1.43 bits per heavy atom. The predicted octanol–water partition coefficient (Wildman–Crippen LogP) is 8.76. The highest BCUT2D eigenvalue weighted by molar-refractivity contribution is 5.26. The molecule has 3 rings (SSSR count). The third-order valence-electron chi connectivity index (χ3n) is 7.59. The molecule has 0 N–H and O–H groups in total. The molecule has 1 aromatic rings. The van der Waals surface area contributed by atoms with Gasteiger partial charge in [0.25, 0.3) is 0 Å². The van der Waals surface area contributed by atoms with Crippen LogP contribution in [0.4, 0.5) is 4.39 Å². The average Bonchev–Trinajstić information content (AvgIpc) is 2.75. The molecule has 0 amide bonds. The Bertz CT molecular complexity index is 556. The molecule has 0 atom stereocenters. The lowest BCUT2D eigenvalue weighted by Crippen LogP contribution is -2.17. The van der Waals surface area contributed by atoms with Gasteiger partial charge in [-0.05, 0) is 99.0 Å². The van der Waals surface area contributed by atoms with Crippen molar-refractivity contribution in [3.8, 4) is 0 Å². The second-order valence-corrected chi connectivity index (χ2v) is 9.59. The molecule has 2 aliphatic rings. The number of halogens is 1. The van der Waals surface area contributed by atoms with E-state index in [0.29, 0.717) is 5.92 Å². The molecule has 0 bridgehead atoms. The molecule has 1 aromatic carbocycles. The number of benzene rings is 1. The third-order valence-corrected chi connectivity index (χ3v) is 7.59. The first-order valence-corrected chi connectivity index (χ1v) is 12.1. The van der Waals surface area contributed by atoms with Gasteiger partial charge in [-0.2, -0.15) is 0 Å². The average molecular weight is 385 g/mol. The van der Waals surface area contributed by atoms with E-state index in [1.165, 1.54) is 95.5 Å². The van der Waals surface area contributed by atoms with Crippen LogP contribution in [-0.2, 0) is 6.42 Å². The zero-order valence-corrected chi connectivity index (χ0v) is 18.1. The molecule has 0 unspecified atom stereocenters. The fourth-order valence-electron chi connectivity index (χ4n) is 5.56. The SMILES string of the molecule is CCCCCc1ccc([C@H]2CC[C@H](CC[C@H]3CC[C@H](C=CF)CC3)CC2)cc1. The number of hydrogen-bond donors (Lipinski definition) is 0. The monoisotopic (exact) mass is 384 g/mol. The predicted molar refractivity (Wildman–Crippen MR) is 119 cm³/mol. The van der Waals surface area contributed by atoms with Crippen LogP contribution in [0.25, 0.3) is 0 Å². The highest BCUT2D eigenvalue weighted by Gasteiger charge is 2.24. The molecule has 0 aliphatic heterocycles. The molecular weight excluding hydrogens is 343 g/mol. The van der Waals surface area contributed by atoms with Crippen LogP contribution in [0.2, 0.25) is 0 Å². The van der Waals surface area contributed by atoms with Crippen molar-refractivity contribution in [2.45, 2.75) is 103 Å². The number of hydrogen-bond acceptors (Lipinski definition) is 0. The molecule has 0 heterocycles. The molecule has 2 fully saturated rings. The second kappa shape index (κ2) is 11.8. The fraction of sp³-hybridized carbons (Fsp3) is 0.704. The van der Waals surface area contributed by atoms with Gasteiger partial charge in [-0.3, -0.25) is 0 Å². The van der Waals surface area contributed by atoms with Crippen LogP contribution in [0.15, 0.2) is 36.7 Å². The van der Waals surface area contributed by atoms with Crippen molar-refractivity contribution in [2.75, 3.05) is 0 Å². The molecule has 0 radical (unpaired) electrons. The Kier molecular flexibility index (Phi) is 9.09. The first-order chi connectivity index (χ1) is 13.8. The Morgan fingerprint density at radius 3 is 2.00 bits per heavy atom. The molecule has 0 saturated heterocycles. The summed E-state index contributed by atoms with van der Waals surface area (Å²) in [6, 6.07) is 9.59. The highest BCUT2D eigenvalue weighted by atomic mass is 19.1. The zero-order valence-electron chi connectivity index (χ0n) is 18.1. The molecule has 0 nitrogen and oxygen atoms in total. The fourth-order valence-corrected chi connectivity index (χ4v) is 5.56. The van der Waals surface area contributed by atoms with Gasteiger partial charge in [0.15, 0.2) is 0 Å². The summed E-state index contributed by atoms with van der Waals surface area (Å²) in [6.07, 6.45) is 21.2. The van der Waals surface area contributed by atoms with Crippen LogP contribution >= 0.6 is 0 Å². The highest BCUT2D eigenvalue weighted by Crippen LogP contribution is 2.40. The maximum Gasteiger partial charge on any atom is 0.0829 e. The summed E-state index contributed by atoms with van der Waals surface area (Å²) in [6.45, 7) is 2.27. The molecule has 0 aromatic heterocycles. The molecule has 2 aliphatic carbocycles. The number of rotatable bonds is 9. The largest absolute Gasteiger partial charge is 0.216 e. The van der Waals surface area contributed by atoms with Crippen LogP contribution in [0, 0.1) is 17.8 Å². The zero-order chi connectivity index (χ0) is 19.6. The van der Waals surface area contributed by atoms with E-state index in [4.69, 9.17) is 0 Å². The van der Waals surface area contributed by atoms with Crippen LogP contribution in [0.5, 0.6) is 0 Å². The van der Waals surface area contributed by atoms with Crippen molar-refractivity contribution in [3.63, 3.8) is 0 Å².